The molecule has 2 aromatic carbocycles. The van der Waals surface area contributed by atoms with Crippen molar-refractivity contribution in [1.29, 1.82) is 0 Å². The van der Waals surface area contributed by atoms with Gasteiger partial charge < -0.3 is 29.0 Å². The Hall–Kier alpha value is -3.46. The predicted octanol–water partition coefficient (Wildman–Crippen LogP) is 4.04. The zero-order valence-corrected chi connectivity index (χ0v) is 18.0. The van der Waals surface area contributed by atoms with E-state index in [4.69, 9.17) is 23.7 Å². The average Bonchev–Trinajstić information content (AvgIpc) is 3.44. The summed E-state index contributed by atoms with van der Waals surface area (Å²) in [7, 11) is 4.75. The highest BCUT2D eigenvalue weighted by Crippen LogP contribution is 2.54. The summed E-state index contributed by atoms with van der Waals surface area (Å²) in [6.45, 7) is 0.108. The van der Waals surface area contributed by atoms with Crippen LogP contribution >= 0.6 is 11.5 Å². The molecule has 160 valence electrons. The lowest BCUT2D eigenvalue weighted by Crippen LogP contribution is -2.23. The first-order chi connectivity index (χ1) is 15.1. The van der Waals surface area contributed by atoms with E-state index in [9.17, 15) is 4.79 Å². The molecule has 0 radical (unpaired) electrons. The third-order valence-corrected chi connectivity index (χ3v) is 6.40. The fourth-order valence-corrected chi connectivity index (χ4v) is 4.96. The second kappa shape index (κ2) is 7.66. The maximum atomic E-state index is 12.7. The van der Waals surface area contributed by atoms with Gasteiger partial charge in [0.15, 0.2) is 11.5 Å². The third kappa shape index (κ3) is 3.12. The van der Waals surface area contributed by atoms with Crippen LogP contribution in [0.15, 0.2) is 30.3 Å². The molecule has 5 rings (SSSR count). The molecule has 2 aliphatic heterocycles. The highest BCUT2D eigenvalue weighted by atomic mass is 32.1. The molecule has 3 aromatic rings. The van der Waals surface area contributed by atoms with Gasteiger partial charge in [-0.2, -0.15) is 4.37 Å². The Labute approximate surface area is 182 Å². The van der Waals surface area contributed by atoms with Crippen LogP contribution in [-0.4, -0.2) is 38.4 Å². The number of methoxy groups -OCH3 is 3. The van der Waals surface area contributed by atoms with Crippen LogP contribution in [0.3, 0.4) is 0 Å². The van der Waals surface area contributed by atoms with Crippen molar-refractivity contribution in [1.82, 2.24) is 4.37 Å². The molecule has 1 atom stereocenters. The van der Waals surface area contributed by atoms with Crippen LogP contribution in [0, 0.1) is 0 Å². The first kappa shape index (κ1) is 19.5. The molecule has 1 amide bonds. The number of hydrogen-bond acceptors (Lipinski definition) is 8. The van der Waals surface area contributed by atoms with Crippen molar-refractivity contribution < 1.29 is 28.5 Å². The van der Waals surface area contributed by atoms with Gasteiger partial charge in [0.1, 0.15) is 11.4 Å². The lowest BCUT2D eigenvalue weighted by Gasteiger charge is -2.25. The van der Waals surface area contributed by atoms with Crippen LogP contribution in [0.1, 0.15) is 22.8 Å². The van der Waals surface area contributed by atoms with Gasteiger partial charge in [-0.25, -0.2) is 0 Å². The summed E-state index contributed by atoms with van der Waals surface area (Å²) in [6.07, 6.45) is 0.260. The summed E-state index contributed by atoms with van der Waals surface area (Å²) in [6, 6.07) is 9.45. The number of rotatable bonds is 5. The number of carbonyl (C=O) groups is 1. The van der Waals surface area contributed by atoms with Crippen molar-refractivity contribution in [2.45, 2.75) is 12.3 Å². The van der Waals surface area contributed by atoms with Crippen molar-refractivity contribution in [2.24, 2.45) is 0 Å². The molecule has 1 unspecified atom stereocenters. The molecular formula is C22H20N2O6S. The van der Waals surface area contributed by atoms with E-state index in [0.29, 0.717) is 23.0 Å². The standard InChI is InChI=1S/C22H20N2O6S/c1-26-12-6-4-11(5-7-12)17-18-22(31-24-17)14(9-16(25)23-18)13-8-15-20(30-10-29-15)21(28-3)19(13)27-2/h4-8,14H,9-10H2,1-3H3,(H,23,25). The van der Waals surface area contributed by atoms with Crippen molar-refractivity contribution in [3.63, 3.8) is 0 Å². The van der Waals surface area contributed by atoms with E-state index in [2.05, 4.69) is 9.69 Å². The maximum Gasteiger partial charge on any atom is 0.231 e. The summed E-state index contributed by atoms with van der Waals surface area (Å²) in [5, 5.41) is 3.00. The van der Waals surface area contributed by atoms with Crippen LogP contribution in [0.4, 0.5) is 5.69 Å². The number of aromatic nitrogens is 1. The smallest absolute Gasteiger partial charge is 0.231 e. The fourth-order valence-electron chi connectivity index (χ4n) is 4.00. The Bertz CT molecular complexity index is 1160. The summed E-state index contributed by atoms with van der Waals surface area (Å²) in [4.78, 5) is 13.6. The largest absolute Gasteiger partial charge is 0.497 e. The van der Waals surface area contributed by atoms with Gasteiger partial charge in [0.05, 0.1) is 31.9 Å². The third-order valence-electron chi connectivity index (χ3n) is 5.44. The second-order valence-electron chi connectivity index (χ2n) is 7.07. The number of benzene rings is 2. The Kier molecular flexibility index (Phi) is 4.82. The van der Waals surface area contributed by atoms with E-state index >= 15 is 0 Å². The zero-order valence-electron chi connectivity index (χ0n) is 17.2. The number of hydrogen-bond donors (Lipinski definition) is 1. The van der Waals surface area contributed by atoms with E-state index in [-0.39, 0.29) is 25.0 Å². The van der Waals surface area contributed by atoms with Gasteiger partial charge in [0, 0.05) is 23.5 Å². The maximum absolute atomic E-state index is 12.7. The molecule has 0 bridgehead atoms. The van der Waals surface area contributed by atoms with Gasteiger partial charge in [0.2, 0.25) is 24.2 Å². The molecule has 1 N–H and O–H groups in total. The van der Waals surface area contributed by atoms with Crippen LogP contribution in [0.2, 0.25) is 0 Å². The lowest BCUT2D eigenvalue weighted by atomic mass is 9.88. The highest BCUT2D eigenvalue weighted by molar-refractivity contribution is 7.07. The number of anilines is 1. The molecule has 1 aromatic heterocycles. The monoisotopic (exact) mass is 440 g/mol. The number of ether oxygens (including phenoxy) is 5. The summed E-state index contributed by atoms with van der Waals surface area (Å²) >= 11 is 1.36. The predicted molar refractivity (Wildman–Crippen MR) is 115 cm³/mol. The number of nitrogens with one attached hydrogen (secondary N) is 1. The van der Waals surface area contributed by atoms with Crippen molar-refractivity contribution in [2.75, 3.05) is 33.4 Å². The van der Waals surface area contributed by atoms with Gasteiger partial charge >= 0.3 is 0 Å². The van der Waals surface area contributed by atoms with Crippen LogP contribution in [0.5, 0.6) is 28.7 Å². The Morgan fingerprint density at radius 3 is 2.55 bits per heavy atom. The van der Waals surface area contributed by atoms with E-state index in [1.807, 2.05) is 30.3 Å². The summed E-state index contributed by atoms with van der Waals surface area (Å²) in [5.41, 5.74) is 3.14. The Morgan fingerprint density at radius 2 is 1.84 bits per heavy atom. The van der Waals surface area contributed by atoms with Crippen LogP contribution in [-0.2, 0) is 4.79 Å². The molecule has 0 fully saturated rings. The van der Waals surface area contributed by atoms with Gasteiger partial charge in [-0.1, -0.05) is 0 Å². The van der Waals surface area contributed by atoms with E-state index in [0.717, 1.165) is 33.1 Å². The van der Waals surface area contributed by atoms with E-state index in [1.165, 1.54) is 11.5 Å². The second-order valence-corrected chi connectivity index (χ2v) is 7.87. The molecule has 9 heteroatoms. The normalized spacial score (nSPS) is 16.5. The van der Waals surface area contributed by atoms with Gasteiger partial charge in [-0.05, 0) is 41.9 Å². The number of fused-ring (bicyclic) bond motifs is 2. The van der Waals surface area contributed by atoms with Gasteiger partial charge in [0.25, 0.3) is 0 Å². The highest BCUT2D eigenvalue weighted by Gasteiger charge is 2.36. The van der Waals surface area contributed by atoms with Crippen molar-refractivity contribution in [3.8, 4) is 40.0 Å². The molecule has 0 saturated heterocycles. The van der Waals surface area contributed by atoms with Gasteiger partial charge in [-0.3, -0.25) is 4.79 Å². The van der Waals surface area contributed by atoms with Crippen molar-refractivity contribution >= 4 is 23.1 Å². The Balaban J connectivity index is 1.64. The summed E-state index contributed by atoms with van der Waals surface area (Å²) < 4.78 is 32.3. The topological polar surface area (TPSA) is 88.1 Å². The van der Waals surface area contributed by atoms with Gasteiger partial charge in [-0.15, -0.1) is 0 Å². The minimum Gasteiger partial charge on any atom is -0.497 e. The Morgan fingerprint density at radius 1 is 1.06 bits per heavy atom. The molecule has 0 saturated carbocycles. The summed E-state index contributed by atoms with van der Waals surface area (Å²) in [5.74, 6) is 2.47. The van der Waals surface area contributed by atoms with E-state index in [1.54, 1.807) is 21.3 Å². The van der Waals surface area contributed by atoms with E-state index < -0.39 is 0 Å². The lowest BCUT2D eigenvalue weighted by molar-refractivity contribution is -0.116. The molecule has 31 heavy (non-hydrogen) atoms. The quantitative estimate of drug-likeness (QED) is 0.641. The number of amides is 1. The zero-order chi connectivity index (χ0) is 21.5. The van der Waals surface area contributed by atoms with Crippen LogP contribution < -0.4 is 29.0 Å². The molecule has 8 nitrogen and oxygen atoms in total. The number of nitrogens with zero attached hydrogens (tertiary/aromatic N) is 1. The minimum atomic E-state index is -0.258. The van der Waals surface area contributed by atoms with Crippen molar-refractivity contribution in [3.05, 3.63) is 40.8 Å². The fraction of sp³-hybridized carbons (Fsp3) is 0.273. The minimum absolute atomic E-state index is 0.0915. The molecular weight excluding hydrogens is 420 g/mol. The molecule has 0 spiro atoms. The number of carbonyl (C=O) groups excluding carboxylic acids is 1. The molecule has 2 aliphatic rings. The SMILES string of the molecule is COc1ccc(-c2nsc3c2NC(=O)CC3c2cc3c(c(OC)c2OC)OCO3)cc1. The molecule has 3 heterocycles. The molecule has 0 aliphatic carbocycles. The van der Waals surface area contributed by atoms with Crippen LogP contribution in [0.25, 0.3) is 11.3 Å². The average molecular weight is 440 g/mol. The first-order valence-corrected chi connectivity index (χ1v) is 10.4. The first-order valence-electron chi connectivity index (χ1n) is 9.63.